The molecular formula is C12H25NO. The van der Waals surface area contributed by atoms with E-state index in [2.05, 4.69) is 20.8 Å². The van der Waals surface area contributed by atoms with Gasteiger partial charge in [-0.3, -0.25) is 0 Å². The zero-order chi connectivity index (χ0) is 10.8. The van der Waals surface area contributed by atoms with Crippen molar-refractivity contribution in [1.82, 2.24) is 0 Å². The van der Waals surface area contributed by atoms with Crippen molar-refractivity contribution < 1.29 is 4.74 Å². The number of nitrogens with two attached hydrogens (primary N) is 1. The average Bonchev–Trinajstić information content (AvgIpc) is 2.16. The van der Waals surface area contributed by atoms with Crippen molar-refractivity contribution in [1.29, 1.82) is 0 Å². The first-order valence-electron chi connectivity index (χ1n) is 5.82. The van der Waals surface area contributed by atoms with Crippen LogP contribution in [0.2, 0.25) is 0 Å². The maximum absolute atomic E-state index is 6.27. The normalized spacial score (nSPS) is 36.0. The van der Waals surface area contributed by atoms with Gasteiger partial charge in [0.15, 0.2) is 0 Å². The van der Waals surface area contributed by atoms with Gasteiger partial charge in [-0.25, -0.2) is 0 Å². The van der Waals surface area contributed by atoms with E-state index < -0.39 is 0 Å². The fourth-order valence-electron chi connectivity index (χ4n) is 2.78. The van der Waals surface area contributed by atoms with Gasteiger partial charge in [0, 0.05) is 13.2 Å². The molecule has 14 heavy (non-hydrogen) atoms. The zero-order valence-corrected chi connectivity index (χ0v) is 10.0. The first-order valence-corrected chi connectivity index (χ1v) is 5.82. The van der Waals surface area contributed by atoms with Crippen molar-refractivity contribution in [3.05, 3.63) is 0 Å². The van der Waals surface area contributed by atoms with E-state index in [1.54, 1.807) is 0 Å². The topological polar surface area (TPSA) is 35.2 Å². The van der Waals surface area contributed by atoms with Gasteiger partial charge in [-0.15, -0.1) is 0 Å². The summed E-state index contributed by atoms with van der Waals surface area (Å²) >= 11 is 0. The van der Waals surface area contributed by atoms with Crippen LogP contribution in [0.4, 0.5) is 0 Å². The van der Waals surface area contributed by atoms with Crippen LogP contribution in [0.3, 0.4) is 0 Å². The molecule has 0 aromatic rings. The van der Waals surface area contributed by atoms with Gasteiger partial charge in [-0.2, -0.15) is 0 Å². The Morgan fingerprint density at radius 3 is 2.50 bits per heavy atom. The molecule has 0 aromatic carbocycles. The first-order chi connectivity index (χ1) is 6.52. The van der Waals surface area contributed by atoms with Gasteiger partial charge >= 0.3 is 0 Å². The van der Waals surface area contributed by atoms with Gasteiger partial charge in [0.05, 0.1) is 5.60 Å². The molecule has 0 saturated heterocycles. The second-order valence-electron chi connectivity index (χ2n) is 5.24. The van der Waals surface area contributed by atoms with Crippen LogP contribution in [-0.2, 0) is 4.74 Å². The Morgan fingerprint density at radius 2 is 2.07 bits per heavy atom. The SMILES string of the molecule is COC1(C(N)C(C)C)CCCC(C)C1. The Morgan fingerprint density at radius 1 is 1.43 bits per heavy atom. The molecule has 1 fully saturated rings. The summed E-state index contributed by atoms with van der Waals surface area (Å²) in [5, 5.41) is 0. The summed E-state index contributed by atoms with van der Waals surface area (Å²) in [7, 11) is 1.82. The second kappa shape index (κ2) is 4.63. The minimum Gasteiger partial charge on any atom is -0.377 e. The Balaban J connectivity index is 2.73. The molecule has 2 N–H and O–H groups in total. The van der Waals surface area contributed by atoms with Crippen LogP contribution in [0, 0.1) is 11.8 Å². The molecular weight excluding hydrogens is 174 g/mol. The van der Waals surface area contributed by atoms with E-state index in [-0.39, 0.29) is 11.6 Å². The van der Waals surface area contributed by atoms with Crippen molar-refractivity contribution in [2.45, 2.75) is 58.1 Å². The highest BCUT2D eigenvalue weighted by atomic mass is 16.5. The average molecular weight is 199 g/mol. The summed E-state index contributed by atoms with van der Waals surface area (Å²) in [5.74, 6) is 1.26. The third-order valence-corrected chi connectivity index (χ3v) is 3.72. The lowest BCUT2D eigenvalue weighted by molar-refractivity contribution is -0.0799. The van der Waals surface area contributed by atoms with Crippen LogP contribution in [-0.4, -0.2) is 18.8 Å². The van der Waals surface area contributed by atoms with E-state index in [1.807, 2.05) is 7.11 Å². The molecule has 0 amide bonds. The maximum atomic E-state index is 6.27. The summed E-state index contributed by atoms with van der Waals surface area (Å²) in [6.07, 6.45) is 4.85. The van der Waals surface area contributed by atoms with Crippen LogP contribution in [0.1, 0.15) is 46.5 Å². The third kappa shape index (κ3) is 2.29. The number of methoxy groups -OCH3 is 1. The Kier molecular flexibility index (Phi) is 3.96. The fraction of sp³-hybridized carbons (Fsp3) is 1.00. The van der Waals surface area contributed by atoms with Crippen molar-refractivity contribution in [2.75, 3.05) is 7.11 Å². The lowest BCUT2D eigenvalue weighted by atomic mass is 9.72. The monoisotopic (exact) mass is 199 g/mol. The maximum Gasteiger partial charge on any atom is 0.0833 e. The van der Waals surface area contributed by atoms with Crippen LogP contribution >= 0.6 is 0 Å². The van der Waals surface area contributed by atoms with E-state index in [0.717, 1.165) is 18.8 Å². The molecule has 2 nitrogen and oxygen atoms in total. The molecule has 1 aliphatic carbocycles. The molecule has 2 heteroatoms. The molecule has 1 rings (SSSR count). The van der Waals surface area contributed by atoms with Gasteiger partial charge in [0.2, 0.25) is 0 Å². The predicted molar refractivity (Wildman–Crippen MR) is 60.2 cm³/mol. The highest BCUT2D eigenvalue weighted by Gasteiger charge is 2.41. The van der Waals surface area contributed by atoms with Crippen molar-refractivity contribution in [2.24, 2.45) is 17.6 Å². The molecule has 1 saturated carbocycles. The number of hydrogen-bond acceptors (Lipinski definition) is 2. The lowest BCUT2D eigenvalue weighted by Crippen LogP contribution is -2.54. The Labute approximate surface area is 88.2 Å². The molecule has 0 bridgehead atoms. The van der Waals surface area contributed by atoms with Crippen LogP contribution < -0.4 is 5.73 Å². The molecule has 0 aliphatic heterocycles. The van der Waals surface area contributed by atoms with E-state index in [1.165, 1.54) is 12.8 Å². The summed E-state index contributed by atoms with van der Waals surface area (Å²) in [6.45, 7) is 6.68. The van der Waals surface area contributed by atoms with Gasteiger partial charge in [-0.1, -0.05) is 33.6 Å². The van der Waals surface area contributed by atoms with Crippen LogP contribution in [0.15, 0.2) is 0 Å². The van der Waals surface area contributed by atoms with Crippen molar-refractivity contribution in [3.63, 3.8) is 0 Å². The lowest BCUT2D eigenvalue weighted by Gasteiger charge is -2.44. The zero-order valence-electron chi connectivity index (χ0n) is 10.0. The number of ether oxygens (including phenoxy) is 1. The third-order valence-electron chi connectivity index (χ3n) is 3.72. The molecule has 0 radical (unpaired) electrons. The standard InChI is InChI=1S/C12H25NO/c1-9(2)11(13)12(14-4)7-5-6-10(3)8-12/h9-11H,5-8,13H2,1-4H3. The van der Waals surface area contributed by atoms with Crippen molar-refractivity contribution >= 4 is 0 Å². The van der Waals surface area contributed by atoms with E-state index in [9.17, 15) is 0 Å². The molecule has 0 spiro atoms. The minimum absolute atomic E-state index is 0.0498. The van der Waals surface area contributed by atoms with Gasteiger partial charge in [-0.05, 0) is 24.7 Å². The Hall–Kier alpha value is -0.0800. The summed E-state index contributed by atoms with van der Waals surface area (Å²) in [6, 6.07) is 0.176. The van der Waals surface area contributed by atoms with E-state index in [0.29, 0.717) is 5.92 Å². The van der Waals surface area contributed by atoms with E-state index >= 15 is 0 Å². The molecule has 1 aliphatic rings. The number of hydrogen-bond donors (Lipinski definition) is 1. The first kappa shape index (κ1) is 12.0. The highest BCUT2D eigenvalue weighted by molar-refractivity contribution is 4.96. The van der Waals surface area contributed by atoms with Gasteiger partial charge in [0.1, 0.15) is 0 Å². The van der Waals surface area contributed by atoms with Crippen LogP contribution in [0.5, 0.6) is 0 Å². The largest absolute Gasteiger partial charge is 0.377 e. The molecule has 84 valence electrons. The summed E-state index contributed by atoms with van der Waals surface area (Å²) < 4.78 is 5.75. The smallest absolute Gasteiger partial charge is 0.0833 e. The summed E-state index contributed by atoms with van der Waals surface area (Å²) in [4.78, 5) is 0. The molecule has 0 aromatic heterocycles. The summed E-state index contributed by atoms with van der Waals surface area (Å²) in [5.41, 5.74) is 6.22. The van der Waals surface area contributed by atoms with E-state index in [4.69, 9.17) is 10.5 Å². The number of rotatable bonds is 3. The van der Waals surface area contributed by atoms with Gasteiger partial charge < -0.3 is 10.5 Å². The Bertz CT molecular complexity index is 181. The second-order valence-corrected chi connectivity index (χ2v) is 5.24. The van der Waals surface area contributed by atoms with Gasteiger partial charge in [0.25, 0.3) is 0 Å². The fourth-order valence-corrected chi connectivity index (χ4v) is 2.78. The van der Waals surface area contributed by atoms with Crippen LogP contribution in [0.25, 0.3) is 0 Å². The molecule has 3 atom stereocenters. The predicted octanol–water partition coefficient (Wildman–Crippen LogP) is 2.57. The minimum atomic E-state index is -0.0498. The molecule has 3 unspecified atom stereocenters. The molecule has 0 heterocycles. The van der Waals surface area contributed by atoms with Crippen molar-refractivity contribution in [3.8, 4) is 0 Å². The highest BCUT2D eigenvalue weighted by Crippen LogP contribution is 2.38. The quantitative estimate of drug-likeness (QED) is 0.758.